The summed E-state index contributed by atoms with van der Waals surface area (Å²) in [5.74, 6) is 4.93. The predicted octanol–water partition coefficient (Wildman–Crippen LogP) is 1.90. The van der Waals surface area contributed by atoms with Crippen molar-refractivity contribution in [3.05, 3.63) is 35.1 Å². The van der Waals surface area contributed by atoms with Crippen LogP contribution in [0.4, 0.5) is 4.39 Å². The number of hydrogen-bond acceptors (Lipinski definition) is 3. The molecular weight excluding hydrogens is 243 g/mol. The van der Waals surface area contributed by atoms with E-state index in [0.29, 0.717) is 18.5 Å². The minimum Gasteiger partial charge on any atom is -0.384 e. The van der Waals surface area contributed by atoms with Gasteiger partial charge in [-0.1, -0.05) is 17.9 Å². The first kappa shape index (κ1) is 15.2. The molecule has 0 bridgehead atoms. The Morgan fingerprint density at radius 1 is 1.47 bits per heavy atom. The fourth-order valence-corrected chi connectivity index (χ4v) is 1.65. The van der Waals surface area contributed by atoms with Crippen molar-refractivity contribution in [2.24, 2.45) is 0 Å². The Balaban J connectivity index is 2.91. The summed E-state index contributed by atoms with van der Waals surface area (Å²) in [4.78, 5) is 2.01. The summed E-state index contributed by atoms with van der Waals surface area (Å²) in [6.45, 7) is 2.29. The summed E-state index contributed by atoms with van der Waals surface area (Å²) >= 11 is 0. The van der Waals surface area contributed by atoms with Gasteiger partial charge in [0.1, 0.15) is 12.4 Å². The molecule has 0 aliphatic rings. The molecule has 0 spiro atoms. The second-order valence-electron chi connectivity index (χ2n) is 4.39. The highest BCUT2D eigenvalue weighted by Gasteiger charge is 2.11. The average Bonchev–Trinajstić information content (AvgIpc) is 2.39. The van der Waals surface area contributed by atoms with Crippen molar-refractivity contribution >= 4 is 0 Å². The van der Waals surface area contributed by atoms with Crippen molar-refractivity contribution in [1.82, 2.24) is 4.90 Å². The number of halogens is 1. The molecule has 0 radical (unpaired) electrons. The summed E-state index contributed by atoms with van der Waals surface area (Å²) in [6.07, 6.45) is 0.440. The number of nitriles is 1. The molecule has 19 heavy (non-hydrogen) atoms. The first-order chi connectivity index (χ1) is 9.08. The lowest BCUT2D eigenvalue weighted by atomic mass is 10.1. The molecule has 1 aromatic carbocycles. The lowest BCUT2D eigenvalue weighted by Crippen LogP contribution is -2.28. The zero-order valence-corrected chi connectivity index (χ0v) is 11.2. The number of hydrogen-bond donors (Lipinski definition) is 1. The Morgan fingerprint density at radius 3 is 2.84 bits per heavy atom. The van der Waals surface area contributed by atoms with Crippen molar-refractivity contribution in [2.75, 3.05) is 13.7 Å². The van der Waals surface area contributed by atoms with Gasteiger partial charge in [0.25, 0.3) is 0 Å². The highest BCUT2D eigenvalue weighted by molar-refractivity contribution is 5.41. The van der Waals surface area contributed by atoms with Crippen LogP contribution in [0.3, 0.4) is 0 Å². The maximum Gasteiger partial charge on any atom is 0.124 e. The van der Waals surface area contributed by atoms with E-state index in [9.17, 15) is 4.39 Å². The van der Waals surface area contributed by atoms with Gasteiger partial charge in [0.15, 0.2) is 0 Å². The van der Waals surface area contributed by atoms with E-state index in [2.05, 4.69) is 17.9 Å². The van der Waals surface area contributed by atoms with Gasteiger partial charge in [0.05, 0.1) is 12.5 Å². The summed E-state index contributed by atoms with van der Waals surface area (Å²) in [5, 5.41) is 17.4. The zero-order chi connectivity index (χ0) is 14.3. The number of benzene rings is 1. The monoisotopic (exact) mass is 260 g/mol. The van der Waals surface area contributed by atoms with Crippen LogP contribution in [0.1, 0.15) is 24.5 Å². The molecule has 1 N–H and O–H groups in total. The first-order valence-corrected chi connectivity index (χ1v) is 6.03. The molecule has 0 aromatic heterocycles. The molecule has 4 heteroatoms. The summed E-state index contributed by atoms with van der Waals surface area (Å²) in [5.41, 5.74) is 1.46. The van der Waals surface area contributed by atoms with Gasteiger partial charge in [-0.15, -0.1) is 0 Å². The number of nitrogens with zero attached hydrogens (tertiary/aromatic N) is 2. The van der Waals surface area contributed by atoms with E-state index >= 15 is 0 Å². The van der Waals surface area contributed by atoms with Gasteiger partial charge in [-0.2, -0.15) is 5.26 Å². The summed E-state index contributed by atoms with van der Waals surface area (Å²) < 4.78 is 13.2. The molecule has 1 aromatic rings. The van der Waals surface area contributed by atoms with Crippen LogP contribution in [0.2, 0.25) is 0 Å². The van der Waals surface area contributed by atoms with Crippen LogP contribution in [0, 0.1) is 29.0 Å². The minimum atomic E-state index is -0.348. The maximum absolute atomic E-state index is 13.2. The lowest BCUT2D eigenvalue weighted by Gasteiger charge is -2.23. The standard InChI is InChI=1S/C15H17FN2O/c1-12(7-8-17)18(2)11-14-5-6-15(16)10-13(14)4-3-9-19/h5-6,10,12,19H,7,9,11H2,1-2H3. The van der Waals surface area contributed by atoms with Crippen LogP contribution >= 0.6 is 0 Å². The van der Waals surface area contributed by atoms with Crippen LogP contribution in [0.15, 0.2) is 18.2 Å². The topological polar surface area (TPSA) is 47.3 Å². The molecule has 0 aliphatic carbocycles. The third-order valence-electron chi connectivity index (χ3n) is 2.93. The van der Waals surface area contributed by atoms with Crippen LogP contribution in [-0.2, 0) is 6.54 Å². The van der Waals surface area contributed by atoms with E-state index in [0.717, 1.165) is 5.56 Å². The highest BCUT2D eigenvalue weighted by Crippen LogP contribution is 2.14. The van der Waals surface area contributed by atoms with E-state index in [1.807, 2.05) is 18.9 Å². The lowest BCUT2D eigenvalue weighted by molar-refractivity contribution is 0.252. The van der Waals surface area contributed by atoms with Gasteiger partial charge in [-0.25, -0.2) is 4.39 Å². The van der Waals surface area contributed by atoms with Crippen molar-refractivity contribution in [1.29, 1.82) is 5.26 Å². The SMILES string of the molecule is CC(CC#N)N(C)Cc1ccc(F)cc1C#CCO. The van der Waals surface area contributed by atoms with Gasteiger partial charge in [-0.3, -0.25) is 4.90 Å². The first-order valence-electron chi connectivity index (χ1n) is 6.03. The van der Waals surface area contributed by atoms with E-state index in [1.54, 1.807) is 6.07 Å². The van der Waals surface area contributed by atoms with Gasteiger partial charge in [0.2, 0.25) is 0 Å². The number of rotatable bonds is 4. The molecule has 1 atom stereocenters. The van der Waals surface area contributed by atoms with Gasteiger partial charge >= 0.3 is 0 Å². The van der Waals surface area contributed by atoms with Crippen LogP contribution < -0.4 is 0 Å². The highest BCUT2D eigenvalue weighted by atomic mass is 19.1. The fourth-order valence-electron chi connectivity index (χ4n) is 1.65. The van der Waals surface area contributed by atoms with E-state index < -0.39 is 0 Å². The van der Waals surface area contributed by atoms with Gasteiger partial charge in [0, 0.05) is 18.2 Å². The molecule has 0 saturated carbocycles. The third kappa shape index (κ3) is 4.71. The van der Waals surface area contributed by atoms with Crippen molar-refractivity contribution in [3.63, 3.8) is 0 Å². The average molecular weight is 260 g/mol. The molecule has 0 heterocycles. The van der Waals surface area contributed by atoms with E-state index in [1.165, 1.54) is 12.1 Å². The zero-order valence-electron chi connectivity index (χ0n) is 11.2. The molecule has 0 aliphatic heterocycles. The molecular formula is C15H17FN2O. The normalized spacial score (nSPS) is 11.6. The predicted molar refractivity (Wildman–Crippen MR) is 71.5 cm³/mol. The fraction of sp³-hybridized carbons (Fsp3) is 0.400. The Morgan fingerprint density at radius 2 is 2.21 bits per heavy atom. The van der Waals surface area contributed by atoms with E-state index in [4.69, 9.17) is 10.4 Å². The molecule has 0 amide bonds. The molecule has 1 rings (SSSR count). The van der Waals surface area contributed by atoms with Crippen molar-refractivity contribution < 1.29 is 9.50 Å². The minimum absolute atomic E-state index is 0.119. The van der Waals surface area contributed by atoms with Crippen LogP contribution in [0.25, 0.3) is 0 Å². The summed E-state index contributed by atoms with van der Waals surface area (Å²) in [6, 6.07) is 6.69. The number of aliphatic hydroxyl groups is 1. The van der Waals surface area contributed by atoms with Gasteiger partial charge < -0.3 is 5.11 Å². The third-order valence-corrected chi connectivity index (χ3v) is 2.93. The quantitative estimate of drug-likeness (QED) is 0.841. The summed E-state index contributed by atoms with van der Waals surface area (Å²) in [7, 11) is 1.91. The smallest absolute Gasteiger partial charge is 0.124 e. The second-order valence-corrected chi connectivity index (χ2v) is 4.39. The Bertz CT molecular complexity index is 525. The Hall–Kier alpha value is -1.88. The molecule has 3 nitrogen and oxygen atoms in total. The second kappa shape index (κ2) is 7.53. The molecule has 1 unspecified atom stereocenters. The maximum atomic E-state index is 13.2. The molecule has 0 fully saturated rings. The molecule has 0 saturated heterocycles. The van der Waals surface area contributed by atoms with E-state index in [-0.39, 0.29) is 18.5 Å². The van der Waals surface area contributed by atoms with Crippen LogP contribution in [0.5, 0.6) is 0 Å². The van der Waals surface area contributed by atoms with Crippen molar-refractivity contribution in [3.8, 4) is 17.9 Å². The molecule has 100 valence electrons. The Kier molecular flexibility index (Phi) is 6.02. The largest absolute Gasteiger partial charge is 0.384 e. The van der Waals surface area contributed by atoms with Gasteiger partial charge in [-0.05, 0) is 31.7 Å². The van der Waals surface area contributed by atoms with Crippen molar-refractivity contribution in [2.45, 2.75) is 25.9 Å². The number of aliphatic hydroxyl groups excluding tert-OH is 1. The van der Waals surface area contributed by atoms with Crippen LogP contribution in [-0.4, -0.2) is 29.7 Å². The Labute approximate surface area is 113 Å².